The van der Waals surface area contributed by atoms with E-state index in [1.165, 1.54) is 6.92 Å². The summed E-state index contributed by atoms with van der Waals surface area (Å²) in [5, 5.41) is 27.7. The molecule has 0 radical (unpaired) electrons. The van der Waals surface area contributed by atoms with Gasteiger partial charge in [-0.2, -0.15) is 0 Å². The van der Waals surface area contributed by atoms with Crippen LogP contribution in [-0.4, -0.2) is 15.3 Å². The van der Waals surface area contributed by atoms with E-state index in [0.29, 0.717) is 10.0 Å². The molecule has 4 heteroatoms. The molecular formula is C8H9BrO3. The number of rotatable bonds is 1. The van der Waals surface area contributed by atoms with Crippen LogP contribution < -0.4 is 0 Å². The van der Waals surface area contributed by atoms with Gasteiger partial charge in [-0.05, 0) is 28.9 Å². The maximum Gasteiger partial charge on any atom is 0.172 e. The van der Waals surface area contributed by atoms with E-state index in [-0.39, 0.29) is 11.5 Å². The smallest absolute Gasteiger partial charge is 0.172 e. The van der Waals surface area contributed by atoms with Crippen molar-refractivity contribution in [1.29, 1.82) is 0 Å². The molecule has 1 atom stereocenters. The van der Waals surface area contributed by atoms with E-state index < -0.39 is 6.10 Å². The third kappa shape index (κ3) is 1.54. The number of phenolic OH excluding ortho intramolecular Hbond substituents is 2. The van der Waals surface area contributed by atoms with Gasteiger partial charge >= 0.3 is 0 Å². The van der Waals surface area contributed by atoms with Crippen LogP contribution in [-0.2, 0) is 0 Å². The Bertz CT molecular complexity index is 297. The van der Waals surface area contributed by atoms with Crippen molar-refractivity contribution in [3.05, 3.63) is 22.2 Å². The van der Waals surface area contributed by atoms with Gasteiger partial charge in [0.25, 0.3) is 0 Å². The van der Waals surface area contributed by atoms with E-state index in [1.807, 2.05) is 0 Å². The molecule has 0 aliphatic carbocycles. The summed E-state index contributed by atoms with van der Waals surface area (Å²) in [5.41, 5.74) is 0.315. The highest BCUT2D eigenvalue weighted by Crippen LogP contribution is 2.38. The Morgan fingerprint density at radius 2 is 1.83 bits per heavy atom. The molecule has 3 nitrogen and oxygen atoms in total. The van der Waals surface area contributed by atoms with E-state index >= 15 is 0 Å². The average molecular weight is 233 g/mol. The quantitative estimate of drug-likeness (QED) is 0.649. The van der Waals surface area contributed by atoms with Crippen LogP contribution in [0.3, 0.4) is 0 Å². The zero-order valence-electron chi connectivity index (χ0n) is 6.45. The molecule has 0 heterocycles. The van der Waals surface area contributed by atoms with E-state index in [0.717, 1.165) is 0 Å². The number of benzene rings is 1. The Morgan fingerprint density at radius 1 is 1.25 bits per heavy atom. The minimum absolute atomic E-state index is 0.242. The lowest BCUT2D eigenvalue weighted by Crippen LogP contribution is -1.91. The fraction of sp³-hybridized carbons (Fsp3) is 0.250. The Hall–Kier alpha value is -0.740. The Labute approximate surface area is 78.4 Å². The van der Waals surface area contributed by atoms with Crippen LogP contribution in [0.1, 0.15) is 18.6 Å². The lowest BCUT2D eigenvalue weighted by molar-refractivity contribution is 0.194. The minimum atomic E-state index is -0.788. The molecule has 0 saturated heterocycles. The molecule has 1 aromatic rings. The first-order chi connectivity index (χ1) is 5.54. The zero-order chi connectivity index (χ0) is 9.30. The molecule has 0 spiro atoms. The van der Waals surface area contributed by atoms with Crippen molar-refractivity contribution in [3.63, 3.8) is 0 Å². The number of hydrogen-bond acceptors (Lipinski definition) is 3. The summed E-state index contributed by atoms with van der Waals surface area (Å²) >= 11 is 3.04. The van der Waals surface area contributed by atoms with E-state index in [1.54, 1.807) is 12.1 Å². The lowest BCUT2D eigenvalue weighted by Gasteiger charge is -2.09. The molecule has 1 aromatic carbocycles. The third-order valence-corrected chi connectivity index (χ3v) is 2.22. The predicted molar refractivity (Wildman–Crippen MR) is 48.1 cm³/mol. The fourth-order valence-corrected chi connectivity index (χ4v) is 1.23. The molecular weight excluding hydrogens is 224 g/mol. The highest BCUT2D eigenvalue weighted by molar-refractivity contribution is 9.10. The number of aliphatic hydroxyl groups is 1. The van der Waals surface area contributed by atoms with Gasteiger partial charge in [0.15, 0.2) is 11.5 Å². The van der Waals surface area contributed by atoms with Gasteiger partial charge in [0, 0.05) is 5.56 Å². The normalized spacial score (nSPS) is 12.9. The number of halogens is 1. The Balaban J connectivity index is 3.27. The summed E-state index contributed by atoms with van der Waals surface area (Å²) in [6.45, 7) is 1.52. The van der Waals surface area contributed by atoms with Crippen molar-refractivity contribution < 1.29 is 15.3 Å². The monoisotopic (exact) mass is 232 g/mol. The van der Waals surface area contributed by atoms with Crippen molar-refractivity contribution in [2.24, 2.45) is 0 Å². The summed E-state index contributed by atoms with van der Waals surface area (Å²) in [5.74, 6) is -0.521. The Kier molecular flexibility index (Phi) is 2.59. The Morgan fingerprint density at radius 3 is 2.33 bits per heavy atom. The van der Waals surface area contributed by atoms with Crippen LogP contribution in [0.2, 0.25) is 0 Å². The maximum atomic E-state index is 9.31. The standard InChI is InChI=1S/C8H9BrO3/c1-4(10)5-2-3-6(9)8(12)7(5)11/h2-4,10-12H,1H3. The van der Waals surface area contributed by atoms with E-state index in [2.05, 4.69) is 15.9 Å². The lowest BCUT2D eigenvalue weighted by atomic mass is 10.1. The number of aliphatic hydroxyl groups excluding tert-OH is 1. The topological polar surface area (TPSA) is 60.7 Å². The van der Waals surface area contributed by atoms with Gasteiger partial charge in [-0.15, -0.1) is 0 Å². The molecule has 1 rings (SSSR count). The summed E-state index contributed by atoms with van der Waals surface area (Å²) < 4.78 is 0.407. The second-order valence-electron chi connectivity index (χ2n) is 2.51. The molecule has 0 aliphatic heterocycles. The minimum Gasteiger partial charge on any atom is -0.504 e. The van der Waals surface area contributed by atoms with Gasteiger partial charge < -0.3 is 15.3 Å². The largest absolute Gasteiger partial charge is 0.504 e. The summed E-state index contributed by atoms with van der Waals surface area (Å²) in [6, 6.07) is 3.11. The van der Waals surface area contributed by atoms with Crippen LogP contribution in [0.25, 0.3) is 0 Å². The van der Waals surface area contributed by atoms with Gasteiger partial charge in [-0.1, -0.05) is 6.07 Å². The van der Waals surface area contributed by atoms with Crippen molar-refractivity contribution >= 4 is 15.9 Å². The summed E-state index contributed by atoms with van der Waals surface area (Å²) in [4.78, 5) is 0. The predicted octanol–water partition coefficient (Wildman–Crippen LogP) is 1.91. The summed E-state index contributed by atoms with van der Waals surface area (Å²) in [6.07, 6.45) is -0.788. The van der Waals surface area contributed by atoms with Crippen molar-refractivity contribution in [2.45, 2.75) is 13.0 Å². The van der Waals surface area contributed by atoms with Gasteiger partial charge in [-0.3, -0.25) is 0 Å². The van der Waals surface area contributed by atoms with Gasteiger partial charge in [0.2, 0.25) is 0 Å². The molecule has 3 N–H and O–H groups in total. The summed E-state index contributed by atoms with van der Waals surface area (Å²) in [7, 11) is 0. The first kappa shape index (κ1) is 9.35. The van der Waals surface area contributed by atoms with Gasteiger partial charge in [-0.25, -0.2) is 0 Å². The second-order valence-corrected chi connectivity index (χ2v) is 3.36. The van der Waals surface area contributed by atoms with Crippen LogP contribution in [0, 0.1) is 0 Å². The van der Waals surface area contributed by atoms with Crippen LogP contribution in [0.15, 0.2) is 16.6 Å². The number of phenols is 2. The molecule has 66 valence electrons. The molecule has 0 aliphatic rings. The van der Waals surface area contributed by atoms with E-state index in [4.69, 9.17) is 5.11 Å². The number of hydrogen-bond donors (Lipinski definition) is 3. The van der Waals surface area contributed by atoms with Crippen LogP contribution in [0.4, 0.5) is 0 Å². The van der Waals surface area contributed by atoms with E-state index in [9.17, 15) is 10.2 Å². The SMILES string of the molecule is CC(O)c1ccc(Br)c(O)c1O. The van der Waals surface area contributed by atoms with Gasteiger partial charge in [0.05, 0.1) is 10.6 Å². The average Bonchev–Trinajstić information content (AvgIpc) is 2.00. The van der Waals surface area contributed by atoms with Crippen molar-refractivity contribution in [2.75, 3.05) is 0 Å². The van der Waals surface area contributed by atoms with Crippen molar-refractivity contribution in [1.82, 2.24) is 0 Å². The molecule has 12 heavy (non-hydrogen) atoms. The van der Waals surface area contributed by atoms with Crippen LogP contribution >= 0.6 is 15.9 Å². The molecule has 0 bridgehead atoms. The zero-order valence-corrected chi connectivity index (χ0v) is 8.04. The highest BCUT2D eigenvalue weighted by Gasteiger charge is 2.12. The van der Waals surface area contributed by atoms with Crippen LogP contribution in [0.5, 0.6) is 11.5 Å². The van der Waals surface area contributed by atoms with Gasteiger partial charge in [0.1, 0.15) is 0 Å². The molecule has 0 saturated carbocycles. The maximum absolute atomic E-state index is 9.31. The number of aromatic hydroxyl groups is 2. The highest BCUT2D eigenvalue weighted by atomic mass is 79.9. The molecule has 0 aromatic heterocycles. The van der Waals surface area contributed by atoms with Crippen molar-refractivity contribution in [3.8, 4) is 11.5 Å². The first-order valence-electron chi connectivity index (χ1n) is 3.42. The fourth-order valence-electron chi connectivity index (χ4n) is 0.908. The molecule has 0 amide bonds. The first-order valence-corrected chi connectivity index (χ1v) is 4.21. The molecule has 1 unspecified atom stereocenters. The molecule has 0 fully saturated rings. The second kappa shape index (κ2) is 3.33. The third-order valence-electron chi connectivity index (χ3n) is 1.58.